The predicted molar refractivity (Wildman–Crippen MR) is 79.4 cm³/mol. The minimum Gasteiger partial charge on any atom is -0.447 e. The number of methoxy groups -OCH3 is 1. The summed E-state index contributed by atoms with van der Waals surface area (Å²) in [6.07, 6.45) is 1.33. The summed E-state index contributed by atoms with van der Waals surface area (Å²) >= 11 is 0. The summed E-state index contributed by atoms with van der Waals surface area (Å²) in [6, 6.07) is 0.407. The third kappa shape index (κ3) is 3.44. The van der Waals surface area contributed by atoms with Gasteiger partial charge in [0, 0.05) is 32.2 Å². The minimum atomic E-state index is -0.190. The highest BCUT2D eigenvalue weighted by molar-refractivity contribution is 5.93. The van der Waals surface area contributed by atoms with E-state index in [0.29, 0.717) is 17.5 Å². The van der Waals surface area contributed by atoms with Crippen LogP contribution in [0.25, 0.3) is 0 Å². The molecular formula is C15H25N3O3. The van der Waals surface area contributed by atoms with Crippen molar-refractivity contribution in [2.45, 2.75) is 51.8 Å². The van der Waals surface area contributed by atoms with Crippen LogP contribution in [0.15, 0.2) is 10.8 Å². The molecule has 0 unspecified atom stereocenters. The quantitative estimate of drug-likeness (QED) is 0.894. The first-order chi connectivity index (χ1) is 9.93. The zero-order chi connectivity index (χ0) is 15.6. The van der Waals surface area contributed by atoms with E-state index in [2.05, 4.69) is 29.0 Å². The number of carbonyl (C=O) groups is 1. The van der Waals surface area contributed by atoms with E-state index in [0.717, 1.165) is 13.1 Å². The Bertz CT molecular complexity index is 484. The lowest BCUT2D eigenvalue weighted by Crippen LogP contribution is -2.44. The van der Waals surface area contributed by atoms with Crippen molar-refractivity contribution < 1.29 is 13.9 Å². The maximum atomic E-state index is 12.4. The van der Waals surface area contributed by atoms with E-state index >= 15 is 0 Å². The molecule has 0 aromatic carbocycles. The van der Waals surface area contributed by atoms with Crippen LogP contribution in [-0.4, -0.2) is 54.2 Å². The van der Waals surface area contributed by atoms with Crippen molar-refractivity contribution in [1.82, 2.24) is 15.2 Å². The molecule has 6 heteroatoms. The fraction of sp³-hybridized carbons (Fsp3) is 0.733. The Balaban J connectivity index is 2.06. The maximum absolute atomic E-state index is 12.4. The lowest BCUT2D eigenvalue weighted by Gasteiger charge is -2.19. The molecule has 0 bridgehead atoms. The fourth-order valence-electron chi connectivity index (χ4n) is 2.67. The van der Waals surface area contributed by atoms with E-state index in [-0.39, 0.29) is 24.0 Å². The fourth-order valence-corrected chi connectivity index (χ4v) is 2.67. The van der Waals surface area contributed by atoms with Gasteiger partial charge in [-0.3, -0.25) is 9.69 Å². The van der Waals surface area contributed by atoms with Crippen LogP contribution in [0.1, 0.15) is 49.9 Å². The molecule has 1 aromatic rings. The van der Waals surface area contributed by atoms with Gasteiger partial charge in [0.25, 0.3) is 5.91 Å². The van der Waals surface area contributed by atoms with Crippen molar-refractivity contribution in [3.8, 4) is 0 Å². The van der Waals surface area contributed by atoms with E-state index in [4.69, 9.17) is 9.15 Å². The van der Waals surface area contributed by atoms with Crippen molar-refractivity contribution in [1.29, 1.82) is 0 Å². The molecule has 1 N–H and O–H groups in total. The smallest absolute Gasteiger partial charge is 0.273 e. The second-order valence-electron chi connectivity index (χ2n) is 6.12. The first-order valence-electron chi connectivity index (χ1n) is 7.45. The van der Waals surface area contributed by atoms with Gasteiger partial charge in [-0.15, -0.1) is 0 Å². The second-order valence-corrected chi connectivity index (χ2v) is 6.12. The number of nitrogens with one attached hydrogen (secondary N) is 1. The predicted octanol–water partition coefficient (Wildman–Crippen LogP) is 1.64. The summed E-state index contributed by atoms with van der Waals surface area (Å²) in [4.78, 5) is 18.8. The normalized spacial score (nSPS) is 23.2. The highest BCUT2D eigenvalue weighted by Gasteiger charge is 2.35. The molecular weight excluding hydrogens is 270 g/mol. The van der Waals surface area contributed by atoms with Gasteiger partial charge in [0.1, 0.15) is 5.76 Å². The van der Waals surface area contributed by atoms with Crippen molar-refractivity contribution in [3.05, 3.63) is 17.8 Å². The highest BCUT2D eigenvalue weighted by Crippen LogP contribution is 2.20. The van der Waals surface area contributed by atoms with Gasteiger partial charge in [-0.2, -0.15) is 0 Å². The van der Waals surface area contributed by atoms with Crippen LogP contribution in [0.4, 0.5) is 0 Å². The van der Waals surface area contributed by atoms with Gasteiger partial charge in [-0.1, -0.05) is 13.8 Å². The van der Waals surface area contributed by atoms with Gasteiger partial charge in [0.15, 0.2) is 12.1 Å². The molecule has 21 heavy (non-hydrogen) atoms. The van der Waals surface area contributed by atoms with E-state index in [9.17, 15) is 4.79 Å². The Morgan fingerprint density at radius 1 is 1.43 bits per heavy atom. The molecule has 0 spiro atoms. The molecule has 118 valence electrons. The number of rotatable bonds is 5. The summed E-state index contributed by atoms with van der Waals surface area (Å²) in [5, 5.41) is 3.03. The van der Waals surface area contributed by atoms with Gasteiger partial charge in [0.05, 0.1) is 12.1 Å². The van der Waals surface area contributed by atoms with E-state index in [1.54, 1.807) is 7.11 Å². The topological polar surface area (TPSA) is 67.6 Å². The number of ether oxygens (including phenoxy) is 1. The Morgan fingerprint density at radius 2 is 2.14 bits per heavy atom. The number of amides is 1. The molecule has 1 aromatic heterocycles. The third-order valence-electron chi connectivity index (χ3n) is 3.98. The van der Waals surface area contributed by atoms with Crippen LogP contribution in [0.2, 0.25) is 0 Å². The summed E-state index contributed by atoms with van der Waals surface area (Å²) in [5.74, 6) is 0.562. The average molecular weight is 295 g/mol. The van der Waals surface area contributed by atoms with Gasteiger partial charge in [-0.05, 0) is 13.8 Å². The number of carbonyl (C=O) groups excluding carboxylic acids is 1. The van der Waals surface area contributed by atoms with Crippen LogP contribution in [0, 0.1) is 0 Å². The first-order valence-corrected chi connectivity index (χ1v) is 7.45. The number of likely N-dealkylation sites (tertiary alicyclic amines) is 1. The first kappa shape index (κ1) is 16.0. The van der Waals surface area contributed by atoms with E-state index in [1.165, 1.54) is 6.39 Å². The molecule has 1 amide bonds. The molecule has 1 aliphatic heterocycles. The third-order valence-corrected chi connectivity index (χ3v) is 3.98. The van der Waals surface area contributed by atoms with Crippen LogP contribution in [0.5, 0.6) is 0 Å². The molecule has 2 heterocycles. The number of hydrogen-bond donors (Lipinski definition) is 1. The summed E-state index contributed by atoms with van der Waals surface area (Å²) in [7, 11) is 1.68. The monoisotopic (exact) mass is 295 g/mol. The largest absolute Gasteiger partial charge is 0.447 e. The molecule has 1 fully saturated rings. The molecule has 2 rings (SSSR count). The van der Waals surface area contributed by atoms with E-state index in [1.807, 2.05) is 13.8 Å². The lowest BCUT2D eigenvalue weighted by atomic mass is 10.1. The Hall–Kier alpha value is -1.40. The van der Waals surface area contributed by atoms with Crippen molar-refractivity contribution in [2.75, 3.05) is 20.2 Å². The Kier molecular flexibility index (Phi) is 5.00. The number of aromatic nitrogens is 1. The van der Waals surface area contributed by atoms with Gasteiger partial charge in [-0.25, -0.2) is 4.98 Å². The molecule has 0 radical (unpaired) electrons. The number of oxazole rings is 1. The molecule has 2 atom stereocenters. The molecule has 6 nitrogen and oxygen atoms in total. The SMILES string of the molecule is CO[C@H]1CN(C(C)C)C[C@@H]1NC(=O)c1ncoc1C(C)C. The van der Waals surface area contributed by atoms with Gasteiger partial charge < -0.3 is 14.5 Å². The van der Waals surface area contributed by atoms with Crippen LogP contribution in [0.3, 0.4) is 0 Å². The zero-order valence-corrected chi connectivity index (χ0v) is 13.4. The van der Waals surface area contributed by atoms with Crippen molar-refractivity contribution >= 4 is 5.91 Å². The summed E-state index contributed by atoms with van der Waals surface area (Å²) in [5.41, 5.74) is 0.378. The number of hydrogen-bond acceptors (Lipinski definition) is 5. The molecule has 0 saturated carbocycles. The Labute approximate surface area is 125 Å². The maximum Gasteiger partial charge on any atom is 0.273 e. The average Bonchev–Trinajstić information content (AvgIpc) is 3.04. The molecule has 0 aliphatic carbocycles. The van der Waals surface area contributed by atoms with Crippen molar-refractivity contribution in [2.24, 2.45) is 0 Å². The lowest BCUT2D eigenvalue weighted by molar-refractivity contribution is 0.0749. The standard InChI is InChI=1S/C15H25N3O3/c1-9(2)14-13(16-8-21-14)15(19)17-11-6-18(10(3)4)7-12(11)20-5/h8-12H,6-7H2,1-5H3,(H,17,19)/t11-,12-/m0/s1. The molecule has 1 aliphatic rings. The zero-order valence-electron chi connectivity index (χ0n) is 13.4. The highest BCUT2D eigenvalue weighted by atomic mass is 16.5. The Morgan fingerprint density at radius 3 is 2.71 bits per heavy atom. The second kappa shape index (κ2) is 6.58. The number of nitrogens with zero attached hydrogens (tertiary/aromatic N) is 2. The van der Waals surface area contributed by atoms with E-state index < -0.39 is 0 Å². The van der Waals surface area contributed by atoms with Crippen molar-refractivity contribution in [3.63, 3.8) is 0 Å². The summed E-state index contributed by atoms with van der Waals surface area (Å²) in [6.45, 7) is 9.86. The summed E-state index contributed by atoms with van der Waals surface area (Å²) < 4.78 is 10.8. The minimum absolute atomic E-state index is 0.00533. The van der Waals surface area contributed by atoms with Crippen LogP contribution in [-0.2, 0) is 4.74 Å². The van der Waals surface area contributed by atoms with Crippen LogP contribution >= 0.6 is 0 Å². The molecule has 1 saturated heterocycles. The van der Waals surface area contributed by atoms with Gasteiger partial charge >= 0.3 is 0 Å². The van der Waals surface area contributed by atoms with Crippen LogP contribution < -0.4 is 5.32 Å². The van der Waals surface area contributed by atoms with Gasteiger partial charge in [0.2, 0.25) is 0 Å².